The molecule has 0 aliphatic heterocycles. The third kappa shape index (κ3) is 4.46. The van der Waals surface area contributed by atoms with E-state index in [9.17, 15) is 13.2 Å². The van der Waals surface area contributed by atoms with Gasteiger partial charge in [0.1, 0.15) is 5.75 Å². The highest BCUT2D eigenvalue weighted by Crippen LogP contribution is 2.25. The second-order valence-electron chi connectivity index (χ2n) is 5.02. The lowest BCUT2D eigenvalue weighted by molar-refractivity contribution is -0.118. The lowest BCUT2D eigenvalue weighted by Crippen LogP contribution is -2.35. The number of hydrogen-bond acceptors (Lipinski definition) is 4. The topological polar surface area (TPSA) is 63.2 Å². The summed E-state index contributed by atoms with van der Waals surface area (Å²) in [5.74, 6) is -0.789. The van der Waals surface area contributed by atoms with Crippen LogP contribution in [0.5, 0.6) is 0 Å². The number of sulfone groups is 1. The van der Waals surface area contributed by atoms with E-state index in [4.69, 9.17) is 11.6 Å². The van der Waals surface area contributed by atoms with Crippen molar-refractivity contribution in [1.82, 2.24) is 5.32 Å². The highest BCUT2D eigenvalue weighted by molar-refractivity contribution is 7.92. The minimum Gasteiger partial charge on any atom is -0.355 e. The van der Waals surface area contributed by atoms with Crippen molar-refractivity contribution in [3.05, 3.63) is 21.3 Å². The number of carbonyl (C=O) groups is 1. The van der Waals surface area contributed by atoms with Crippen molar-refractivity contribution < 1.29 is 13.2 Å². The van der Waals surface area contributed by atoms with Crippen molar-refractivity contribution in [3.63, 3.8) is 0 Å². The molecule has 4 nitrogen and oxygen atoms in total. The van der Waals surface area contributed by atoms with E-state index in [0.717, 1.165) is 22.1 Å². The van der Waals surface area contributed by atoms with Gasteiger partial charge >= 0.3 is 0 Å². The normalized spacial score (nSPS) is 16.4. The number of amides is 1. The molecule has 0 radical (unpaired) electrons. The average molecular weight is 336 g/mol. The number of nitrogens with one attached hydrogen (secondary N) is 1. The van der Waals surface area contributed by atoms with Crippen molar-refractivity contribution in [2.45, 2.75) is 37.4 Å². The van der Waals surface area contributed by atoms with Gasteiger partial charge in [-0.05, 0) is 31.4 Å². The van der Waals surface area contributed by atoms with Crippen molar-refractivity contribution in [2.75, 3.05) is 12.3 Å². The first-order chi connectivity index (χ1) is 9.47. The minimum absolute atomic E-state index is 0.315. The lowest BCUT2D eigenvalue weighted by atomic mass is 10.3. The summed E-state index contributed by atoms with van der Waals surface area (Å²) in [5, 5.41) is 2.35. The van der Waals surface area contributed by atoms with Crippen LogP contribution in [-0.2, 0) is 21.1 Å². The van der Waals surface area contributed by atoms with Crippen LogP contribution >= 0.6 is 22.9 Å². The van der Waals surface area contributed by atoms with Gasteiger partial charge in [-0.1, -0.05) is 24.4 Å². The SMILES string of the molecule is O=C(CS(=O)(=O)C1CCCC1)NCCc1ccc(Cl)s1. The van der Waals surface area contributed by atoms with Crippen LogP contribution in [0.25, 0.3) is 0 Å². The smallest absolute Gasteiger partial charge is 0.235 e. The second-order valence-corrected chi connectivity index (χ2v) is 9.10. The van der Waals surface area contributed by atoms with Crippen LogP contribution in [0.1, 0.15) is 30.6 Å². The molecule has 0 atom stereocenters. The minimum atomic E-state index is -3.28. The monoisotopic (exact) mass is 335 g/mol. The van der Waals surface area contributed by atoms with Gasteiger partial charge in [0.15, 0.2) is 9.84 Å². The molecule has 1 aromatic heterocycles. The van der Waals surface area contributed by atoms with E-state index in [0.29, 0.717) is 25.8 Å². The fourth-order valence-corrected chi connectivity index (χ4v) is 5.25. The van der Waals surface area contributed by atoms with Crippen LogP contribution in [0.2, 0.25) is 4.34 Å². The maximum atomic E-state index is 12.0. The Morgan fingerprint density at radius 3 is 2.65 bits per heavy atom. The summed E-state index contributed by atoms with van der Waals surface area (Å²) in [6.45, 7) is 0.440. The van der Waals surface area contributed by atoms with Crippen molar-refractivity contribution in [1.29, 1.82) is 0 Å². The summed E-state index contributed by atoms with van der Waals surface area (Å²) < 4.78 is 24.7. The van der Waals surface area contributed by atoms with Crippen molar-refractivity contribution in [2.24, 2.45) is 0 Å². The Balaban J connectivity index is 1.75. The summed E-state index contributed by atoms with van der Waals surface area (Å²) in [5.41, 5.74) is 0. The highest BCUT2D eigenvalue weighted by atomic mass is 35.5. The molecular weight excluding hydrogens is 318 g/mol. The van der Waals surface area contributed by atoms with Gasteiger partial charge in [-0.2, -0.15) is 0 Å². The summed E-state index contributed by atoms with van der Waals surface area (Å²) in [4.78, 5) is 12.8. The summed E-state index contributed by atoms with van der Waals surface area (Å²) in [6.07, 6.45) is 3.97. The molecule has 7 heteroatoms. The highest BCUT2D eigenvalue weighted by Gasteiger charge is 2.30. The maximum absolute atomic E-state index is 12.0. The maximum Gasteiger partial charge on any atom is 0.235 e. The van der Waals surface area contributed by atoms with Gasteiger partial charge in [-0.15, -0.1) is 11.3 Å². The Bertz CT molecular complexity index is 562. The molecule has 1 saturated carbocycles. The van der Waals surface area contributed by atoms with E-state index in [1.165, 1.54) is 11.3 Å². The Morgan fingerprint density at radius 1 is 1.35 bits per heavy atom. The van der Waals surface area contributed by atoms with Crippen LogP contribution in [0.3, 0.4) is 0 Å². The van der Waals surface area contributed by atoms with Gasteiger partial charge in [0, 0.05) is 11.4 Å². The van der Waals surface area contributed by atoms with Gasteiger partial charge in [0.2, 0.25) is 5.91 Å². The average Bonchev–Trinajstić information content (AvgIpc) is 3.00. The van der Waals surface area contributed by atoms with Crippen LogP contribution in [0.4, 0.5) is 0 Å². The molecule has 2 rings (SSSR count). The molecule has 1 aliphatic carbocycles. The Labute approximate surface area is 128 Å². The number of halogens is 1. The van der Waals surface area contributed by atoms with Crippen LogP contribution in [-0.4, -0.2) is 31.9 Å². The molecule has 1 fully saturated rings. The molecule has 0 unspecified atom stereocenters. The van der Waals surface area contributed by atoms with Gasteiger partial charge in [0.25, 0.3) is 0 Å². The fraction of sp³-hybridized carbons (Fsp3) is 0.615. The zero-order valence-corrected chi connectivity index (χ0v) is 13.5. The fourth-order valence-electron chi connectivity index (χ4n) is 2.41. The molecule has 0 spiro atoms. The number of thiophene rings is 1. The molecular formula is C13H18ClNO3S2. The standard InChI is InChI=1S/C13H18ClNO3S2/c14-12-6-5-10(19-12)7-8-15-13(16)9-20(17,18)11-3-1-2-4-11/h5-6,11H,1-4,7-9H2,(H,15,16). The first kappa shape index (κ1) is 15.8. The molecule has 1 N–H and O–H groups in total. The van der Waals surface area contributed by atoms with Crippen molar-refractivity contribution in [3.8, 4) is 0 Å². The van der Waals surface area contributed by atoms with Crippen LogP contribution < -0.4 is 5.32 Å². The molecule has 1 aromatic rings. The largest absolute Gasteiger partial charge is 0.355 e. The van der Waals surface area contributed by atoms with Crippen LogP contribution in [0, 0.1) is 0 Å². The molecule has 1 amide bonds. The van der Waals surface area contributed by atoms with Gasteiger partial charge < -0.3 is 5.32 Å². The number of hydrogen-bond donors (Lipinski definition) is 1. The van der Waals surface area contributed by atoms with Gasteiger partial charge in [-0.25, -0.2) is 8.42 Å². The summed E-state index contributed by atoms with van der Waals surface area (Å²) >= 11 is 7.28. The molecule has 0 bridgehead atoms. The Kier molecular flexibility index (Phi) is 5.46. The molecule has 20 heavy (non-hydrogen) atoms. The Morgan fingerprint density at radius 2 is 2.05 bits per heavy atom. The molecule has 0 aromatic carbocycles. The zero-order valence-electron chi connectivity index (χ0n) is 11.1. The molecule has 1 heterocycles. The van der Waals surface area contributed by atoms with E-state index in [1.54, 1.807) is 0 Å². The zero-order chi connectivity index (χ0) is 14.6. The summed E-state index contributed by atoms with van der Waals surface area (Å²) in [7, 11) is -3.28. The molecule has 112 valence electrons. The molecule has 0 saturated heterocycles. The van der Waals surface area contributed by atoms with E-state index >= 15 is 0 Å². The van der Waals surface area contributed by atoms with E-state index in [2.05, 4.69) is 5.32 Å². The number of rotatable bonds is 6. The number of carbonyl (C=O) groups excluding carboxylic acids is 1. The van der Waals surface area contributed by atoms with Gasteiger partial charge in [-0.3, -0.25) is 4.79 Å². The van der Waals surface area contributed by atoms with Crippen molar-refractivity contribution >= 4 is 38.7 Å². The summed E-state index contributed by atoms with van der Waals surface area (Å²) in [6, 6.07) is 3.72. The second kappa shape index (κ2) is 6.91. The van der Waals surface area contributed by atoms with Crippen LogP contribution in [0.15, 0.2) is 12.1 Å². The lowest BCUT2D eigenvalue weighted by Gasteiger charge is -2.10. The Hall–Kier alpha value is -0.590. The third-order valence-electron chi connectivity index (χ3n) is 3.46. The van der Waals surface area contributed by atoms with E-state index in [-0.39, 0.29) is 11.0 Å². The first-order valence-corrected chi connectivity index (χ1v) is 9.61. The van der Waals surface area contributed by atoms with Gasteiger partial charge in [0.05, 0.1) is 9.59 Å². The first-order valence-electron chi connectivity index (χ1n) is 6.70. The predicted octanol–water partition coefficient (Wildman–Crippen LogP) is 2.42. The van der Waals surface area contributed by atoms with E-state index < -0.39 is 15.7 Å². The third-order valence-corrected chi connectivity index (χ3v) is 6.91. The molecule has 1 aliphatic rings. The van der Waals surface area contributed by atoms with E-state index in [1.807, 2.05) is 12.1 Å². The predicted molar refractivity (Wildman–Crippen MR) is 82.1 cm³/mol. The quantitative estimate of drug-likeness (QED) is 0.868.